The van der Waals surface area contributed by atoms with Gasteiger partial charge in [-0.3, -0.25) is 0 Å². The Morgan fingerprint density at radius 3 is 1.37 bits per heavy atom. The summed E-state index contributed by atoms with van der Waals surface area (Å²) < 4.78 is 0. The standard InChI is InChI=1S/C63H42/c1-63(2)57-36-18-35-43(60(57)61-50-29-11-7-24-45(50)46-25-9-16-34-55(46)62(61)63)39-20-17-21-41(37-39)58-51-30-12-14-32-53(51)59(54-33-15-13-31-52(54)58)49-28-10-8-27-48(49)56-38-40-19-3-4-22-42(40)44-23-5-6-26-47(44)56/h3-38H,1-2H3. The first-order chi connectivity index (χ1) is 31.1. The fourth-order valence-electron chi connectivity index (χ4n) is 11.6. The molecule has 0 nitrogen and oxygen atoms in total. The molecular weight excluding hydrogens is 757 g/mol. The molecule has 0 saturated heterocycles. The van der Waals surface area contributed by atoms with Crippen molar-refractivity contribution in [1.29, 1.82) is 0 Å². The maximum Gasteiger partial charge on any atom is 0.0165 e. The normalized spacial score (nSPS) is 13.0. The molecule has 0 N–H and O–H groups in total. The maximum atomic E-state index is 2.45. The number of fused-ring (bicyclic) bond motifs is 13. The second kappa shape index (κ2) is 13.6. The first-order valence-electron chi connectivity index (χ1n) is 22.2. The van der Waals surface area contributed by atoms with Crippen LogP contribution in [0.3, 0.4) is 0 Å². The molecular formula is C63H42. The fraction of sp³-hybridized carbons (Fsp3) is 0.0476. The molecule has 0 spiro atoms. The van der Waals surface area contributed by atoms with E-state index in [1.54, 1.807) is 0 Å². The van der Waals surface area contributed by atoms with Gasteiger partial charge >= 0.3 is 0 Å². The summed E-state index contributed by atoms with van der Waals surface area (Å²) in [7, 11) is 0. The third-order valence-corrected chi connectivity index (χ3v) is 14.2. The molecule has 0 bridgehead atoms. The van der Waals surface area contributed by atoms with Crippen LogP contribution < -0.4 is 0 Å². The van der Waals surface area contributed by atoms with Crippen molar-refractivity contribution < 1.29 is 0 Å². The van der Waals surface area contributed by atoms with Crippen LogP contribution in [0.2, 0.25) is 0 Å². The van der Waals surface area contributed by atoms with Crippen molar-refractivity contribution in [3.05, 3.63) is 230 Å². The Hall–Kier alpha value is -7.80. The summed E-state index contributed by atoms with van der Waals surface area (Å²) in [4.78, 5) is 0. The monoisotopic (exact) mass is 798 g/mol. The zero-order valence-corrected chi connectivity index (χ0v) is 35.3. The fourth-order valence-corrected chi connectivity index (χ4v) is 11.6. The number of benzene rings is 12. The molecule has 0 saturated carbocycles. The van der Waals surface area contributed by atoms with Gasteiger partial charge in [0.2, 0.25) is 0 Å². The van der Waals surface area contributed by atoms with E-state index < -0.39 is 0 Å². The summed E-state index contributed by atoms with van der Waals surface area (Å²) in [6.07, 6.45) is 0. The predicted octanol–water partition coefficient (Wildman–Crippen LogP) is 17.6. The molecule has 0 fully saturated rings. The minimum absolute atomic E-state index is 0.167. The van der Waals surface area contributed by atoms with Crippen molar-refractivity contribution in [1.82, 2.24) is 0 Å². The average Bonchev–Trinajstić information content (AvgIpc) is 3.59. The van der Waals surface area contributed by atoms with Crippen molar-refractivity contribution in [3.8, 4) is 55.6 Å². The van der Waals surface area contributed by atoms with E-state index in [4.69, 9.17) is 0 Å². The lowest BCUT2D eigenvalue weighted by molar-refractivity contribution is 0.666. The highest BCUT2D eigenvalue weighted by Gasteiger charge is 2.39. The van der Waals surface area contributed by atoms with Gasteiger partial charge in [0.15, 0.2) is 0 Å². The second-order valence-corrected chi connectivity index (χ2v) is 17.9. The first-order valence-corrected chi connectivity index (χ1v) is 22.2. The second-order valence-electron chi connectivity index (χ2n) is 17.9. The highest BCUT2D eigenvalue weighted by molar-refractivity contribution is 6.24. The summed E-state index contributed by atoms with van der Waals surface area (Å²) in [6.45, 7) is 4.83. The van der Waals surface area contributed by atoms with E-state index in [2.05, 4.69) is 232 Å². The molecule has 0 unspecified atom stereocenters. The molecule has 12 aromatic carbocycles. The van der Waals surface area contributed by atoms with Crippen LogP contribution in [0.15, 0.2) is 218 Å². The van der Waals surface area contributed by atoms with Gasteiger partial charge in [0.05, 0.1) is 0 Å². The first kappa shape index (κ1) is 35.9. The SMILES string of the molecule is CC1(C)c2cccc(-c3cccc(-c4c5ccccc5c(-c5ccccc5-c5cc6ccccc6c6ccccc56)c5ccccc45)c3)c2-c2c1c1ccccc1c1ccccc21. The molecule has 1 aliphatic carbocycles. The van der Waals surface area contributed by atoms with Crippen molar-refractivity contribution in [2.75, 3.05) is 0 Å². The van der Waals surface area contributed by atoms with Crippen LogP contribution in [-0.4, -0.2) is 0 Å². The van der Waals surface area contributed by atoms with E-state index in [9.17, 15) is 0 Å². The van der Waals surface area contributed by atoms with Crippen molar-refractivity contribution in [3.63, 3.8) is 0 Å². The minimum Gasteiger partial charge on any atom is -0.0616 e. The maximum absolute atomic E-state index is 2.45. The quantitative estimate of drug-likeness (QED) is 0.123. The van der Waals surface area contributed by atoms with Crippen molar-refractivity contribution >= 4 is 64.6 Å². The Balaban J connectivity index is 1.05. The highest BCUT2D eigenvalue weighted by atomic mass is 14.4. The summed E-state index contributed by atoms with van der Waals surface area (Å²) in [5.41, 5.74) is 15.4. The van der Waals surface area contributed by atoms with Crippen LogP contribution in [0.4, 0.5) is 0 Å². The molecule has 0 heteroatoms. The average molecular weight is 799 g/mol. The van der Waals surface area contributed by atoms with Gasteiger partial charge in [-0.2, -0.15) is 0 Å². The third-order valence-electron chi connectivity index (χ3n) is 14.2. The lowest BCUT2D eigenvalue weighted by Crippen LogP contribution is -2.15. The van der Waals surface area contributed by atoms with Crippen LogP contribution in [0, 0.1) is 0 Å². The molecule has 0 radical (unpaired) electrons. The number of hydrogen-bond acceptors (Lipinski definition) is 0. The van der Waals surface area contributed by atoms with Gasteiger partial charge < -0.3 is 0 Å². The van der Waals surface area contributed by atoms with Gasteiger partial charge in [-0.15, -0.1) is 0 Å². The third kappa shape index (κ3) is 5.16. The van der Waals surface area contributed by atoms with Crippen molar-refractivity contribution in [2.24, 2.45) is 0 Å². The predicted molar refractivity (Wildman–Crippen MR) is 271 cm³/mol. The van der Waals surface area contributed by atoms with Gasteiger partial charge in [-0.1, -0.05) is 220 Å². The summed E-state index contributed by atoms with van der Waals surface area (Å²) in [5.74, 6) is 0. The van der Waals surface area contributed by atoms with E-state index in [1.165, 1.54) is 131 Å². The zero-order chi connectivity index (χ0) is 41.8. The topological polar surface area (TPSA) is 0 Å². The zero-order valence-electron chi connectivity index (χ0n) is 35.3. The Bertz CT molecular complexity index is 3820. The smallest absolute Gasteiger partial charge is 0.0165 e. The highest BCUT2D eigenvalue weighted by Crippen LogP contribution is 2.57. The molecule has 63 heavy (non-hydrogen) atoms. The number of rotatable bonds is 4. The number of hydrogen-bond donors (Lipinski definition) is 0. The molecule has 294 valence electrons. The van der Waals surface area contributed by atoms with E-state index in [1.807, 2.05) is 0 Å². The molecule has 0 heterocycles. The molecule has 0 atom stereocenters. The van der Waals surface area contributed by atoms with E-state index in [0.717, 1.165) is 0 Å². The van der Waals surface area contributed by atoms with Crippen LogP contribution >= 0.6 is 0 Å². The molecule has 13 rings (SSSR count). The van der Waals surface area contributed by atoms with Gasteiger partial charge in [0.1, 0.15) is 0 Å². The van der Waals surface area contributed by atoms with E-state index >= 15 is 0 Å². The molecule has 1 aliphatic rings. The van der Waals surface area contributed by atoms with E-state index in [0.29, 0.717) is 0 Å². The summed E-state index contributed by atoms with van der Waals surface area (Å²) >= 11 is 0. The molecule has 0 aromatic heterocycles. The van der Waals surface area contributed by atoms with Gasteiger partial charge in [0, 0.05) is 5.41 Å². The lowest BCUT2D eigenvalue weighted by Gasteiger charge is -2.24. The Morgan fingerprint density at radius 2 is 0.698 bits per heavy atom. The Kier molecular flexibility index (Phi) is 7.75. The largest absolute Gasteiger partial charge is 0.0616 e. The summed E-state index contributed by atoms with van der Waals surface area (Å²) in [6, 6.07) is 81.6. The minimum atomic E-state index is -0.167. The molecule has 0 amide bonds. The van der Waals surface area contributed by atoms with Crippen molar-refractivity contribution in [2.45, 2.75) is 19.3 Å². The van der Waals surface area contributed by atoms with Gasteiger partial charge in [-0.05, 0) is 144 Å². The van der Waals surface area contributed by atoms with E-state index in [-0.39, 0.29) is 5.41 Å². The van der Waals surface area contributed by atoms with Gasteiger partial charge in [0.25, 0.3) is 0 Å². The van der Waals surface area contributed by atoms with Crippen LogP contribution in [0.5, 0.6) is 0 Å². The van der Waals surface area contributed by atoms with Gasteiger partial charge in [-0.25, -0.2) is 0 Å². The van der Waals surface area contributed by atoms with Crippen LogP contribution in [-0.2, 0) is 5.41 Å². The van der Waals surface area contributed by atoms with Crippen LogP contribution in [0.1, 0.15) is 25.0 Å². The molecule has 12 aromatic rings. The van der Waals surface area contributed by atoms with Crippen LogP contribution in [0.25, 0.3) is 120 Å². The Morgan fingerprint density at radius 1 is 0.254 bits per heavy atom. The Labute approximate surface area is 367 Å². The lowest BCUT2D eigenvalue weighted by atomic mass is 9.79. The molecule has 0 aliphatic heterocycles. The summed E-state index contributed by atoms with van der Waals surface area (Å²) in [5, 5.41) is 15.4.